The molecule has 0 amide bonds. The van der Waals surface area contributed by atoms with E-state index in [2.05, 4.69) is 25.9 Å². The number of rotatable bonds is 1. The Kier molecular flexibility index (Phi) is 2.21. The van der Waals surface area contributed by atoms with E-state index in [0.717, 1.165) is 0 Å². The van der Waals surface area contributed by atoms with Gasteiger partial charge in [-0.15, -0.1) is 0 Å². The fraction of sp³-hybridized carbons (Fsp3) is 0.333. The zero-order valence-corrected chi connectivity index (χ0v) is 7.09. The molecule has 0 atom stereocenters. The Bertz CT molecular complexity index is 239. The molecule has 3 nitrogen and oxygen atoms in total. The zero-order chi connectivity index (χ0) is 7.56. The second-order valence-corrected chi connectivity index (χ2v) is 2.63. The third kappa shape index (κ3) is 1.44. The summed E-state index contributed by atoms with van der Waals surface area (Å²) in [6.07, 6.45) is 2.16. The first kappa shape index (κ1) is 7.47. The molecule has 0 aliphatic carbocycles. The van der Waals surface area contributed by atoms with Crippen LogP contribution in [0.3, 0.4) is 0 Å². The van der Waals surface area contributed by atoms with Crippen molar-refractivity contribution in [3.05, 3.63) is 16.5 Å². The summed E-state index contributed by atoms with van der Waals surface area (Å²) in [5, 5.41) is 9.04. The molecule has 1 aromatic heterocycles. The van der Waals surface area contributed by atoms with Crippen molar-refractivity contribution >= 4 is 15.9 Å². The van der Waals surface area contributed by atoms with Crippen molar-refractivity contribution in [1.29, 1.82) is 0 Å². The molecule has 1 rings (SSSR count). The van der Waals surface area contributed by atoms with E-state index in [4.69, 9.17) is 5.11 Å². The molecule has 1 heterocycles. The minimum absolute atomic E-state index is 0.0192. The molecule has 0 aliphatic rings. The second kappa shape index (κ2) is 2.96. The molecule has 10 heavy (non-hydrogen) atoms. The van der Waals surface area contributed by atoms with E-state index < -0.39 is 0 Å². The van der Waals surface area contributed by atoms with Crippen LogP contribution in [0.5, 0.6) is 5.88 Å². The second-order valence-electron chi connectivity index (χ2n) is 1.82. The molecule has 1 N–H and O–H groups in total. The fourth-order valence-electron chi connectivity index (χ4n) is 0.634. The average Bonchev–Trinajstić information content (AvgIpc) is 1.94. The number of hydrogen-bond acceptors (Lipinski definition) is 3. The van der Waals surface area contributed by atoms with Crippen LogP contribution in [-0.2, 0) is 6.42 Å². The van der Waals surface area contributed by atoms with Crippen molar-refractivity contribution in [2.45, 2.75) is 13.3 Å². The summed E-state index contributed by atoms with van der Waals surface area (Å²) >= 11 is 3.15. The lowest BCUT2D eigenvalue weighted by atomic mass is 10.3. The molecule has 4 heteroatoms. The van der Waals surface area contributed by atoms with Gasteiger partial charge in [0.25, 0.3) is 0 Å². The average molecular weight is 203 g/mol. The maximum atomic E-state index is 9.04. The highest BCUT2D eigenvalue weighted by Crippen LogP contribution is 2.13. The number of aromatic nitrogens is 2. The van der Waals surface area contributed by atoms with Gasteiger partial charge >= 0.3 is 0 Å². The minimum Gasteiger partial charge on any atom is -0.492 e. The lowest BCUT2D eigenvalue weighted by Crippen LogP contribution is -1.90. The topological polar surface area (TPSA) is 46.0 Å². The van der Waals surface area contributed by atoms with Gasteiger partial charge < -0.3 is 5.11 Å². The van der Waals surface area contributed by atoms with E-state index in [1.165, 1.54) is 6.20 Å². The number of aromatic hydroxyl groups is 1. The highest BCUT2D eigenvalue weighted by molar-refractivity contribution is 9.10. The van der Waals surface area contributed by atoms with Gasteiger partial charge in [0.1, 0.15) is 10.3 Å². The monoisotopic (exact) mass is 202 g/mol. The van der Waals surface area contributed by atoms with Crippen molar-refractivity contribution in [2.75, 3.05) is 0 Å². The van der Waals surface area contributed by atoms with Crippen LogP contribution in [0.4, 0.5) is 0 Å². The molecule has 0 fully saturated rings. The molecule has 0 saturated carbocycles. The van der Waals surface area contributed by atoms with Gasteiger partial charge in [0.2, 0.25) is 5.88 Å². The summed E-state index contributed by atoms with van der Waals surface area (Å²) in [6.45, 7) is 1.91. The highest BCUT2D eigenvalue weighted by Gasteiger charge is 2.00. The highest BCUT2D eigenvalue weighted by atomic mass is 79.9. The first-order valence-electron chi connectivity index (χ1n) is 2.94. The van der Waals surface area contributed by atoms with Crippen LogP contribution in [0.25, 0.3) is 0 Å². The van der Waals surface area contributed by atoms with Gasteiger partial charge in [-0.2, -0.15) is 0 Å². The Balaban J connectivity index is 3.09. The summed E-state index contributed by atoms with van der Waals surface area (Å²) in [5.41, 5.74) is 0.620. The van der Waals surface area contributed by atoms with E-state index in [1.807, 2.05) is 6.92 Å². The van der Waals surface area contributed by atoms with E-state index in [-0.39, 0.29) is 5.88 Å². The van der Waals surface area contributed by atoms with E-state index in [9.17, 15) is 0 Å². The smallest absolute Gasteiger partial charge is 0.233 e. The van der Waals surface area contributed by atoms with Gasteiger partial charge in [-0.05, 0) is 22.4 Å². The van der Waals surface area contributed by atoms with Crippen LogP contribution in [0.15, 0.2) is 10.8 Å². The van der Waals surface area contributed by atoms with Crippen LogP contribution in [-0.4, -0.2) is 15.1 Å². The standard InChI is InChI=1S/C6H7BrN2O/c1-2-4-6(10)8-3-5(7)9-4/h3H,2H2,1H3,(H,8,10). The SMILES string of the molecule is CCc1nc(Br)cnc1O. The normalized spacial score (nSPS) is 9.80. The van der Waals surface area contributed by atoms with Crippen molar-refractivity contribution < 1.29 is 5.11 Å². The van der Waals surface area contributed by atoms with E-state index in [1.54, 1.807) is 0 Å². The molecular weight excluding hydrogens is 196 g/mol. The Morgan fingerprint density at radius 2 is 2.40 bits per heavy atom. The summed E-state index contributed by atoms with van der Waals surface area (Å²) in [4.78, 5) is 7.69. The van der Waals surface area contributed by atoms with Gasteiger partial charge in [-0.3, -0.25) is 0 Å². The predicted octanol–water partition coefficient (Wildman–Crippen LogP) is 1.51. The maximum Gasteiger partial charge on any atom is 0.233 e. The van der Waals surface area contributed by atoms with Crippen molar-refractivity contribution in [1.82, 2.24) is 9.97 Å². The largest absolute Gasteiger partial charge is 0.492 e. The zero-order valence-electron chi connectivity index (χ0n) is 5.50. The Hall–Kier alpha value is -0.640. The van der Waals surface area contributed by atoms with E-state index in [0.29, 0.717) is 16.7 Å². The van der Waals surface area contributed by atoms with Crippen LogP contribution >= 0.6 is 15.9 Å². The summed E-state index contributed by atoms with van der Waals surface area (Å²) in [6, 6.07) is 0. The number of halogens is 1. The van der Waals surface area contributed by atoms with Gasteiger partial charge in [0, 0.05) is 0 Å². The molecule has 0 spiro atoms. The first-order chi connectivity index (χ1) is 4.74. The molecule has 0 aliphatic heterocycles. The summed E-state index contributed by atoms with van der Waals surface area (Å²) in [7, 11) is 0. The molecule has 0 radical (unpaired) electrons. The third-order valence-electron chi connectivity index (χ3n) is 1.13. The molecule has 0 saturated heterocycles. The third-order valence-corrected chi connectivity index (χ3v) is 1.51. The quantitative estimate of drug-likeness (QED) is 0.752. The molecule has 1 aromatic rings. The first-order valence-corrected chi connectivity index (χ1v) is 3.73. The van der Waals surface area contributed by atoms with Gasteiger partial charge in [-0.1, -0.05) is 6.92 Å². The Labute approximate surface area is 67.3 Å². The number of hydrogen-bond donors (Lipinski definition) is 1. The summed E-state index contributed by atoms with van der Waals surface area (Å²) in [5.74, 6) is 0.0192. The fourth-order valence-corrected chi connectivity index (χ4v) is 0.950. The molecule has 0 aromatic carbocycles. The molecule has 0 unspecified atom stereocenters. The minimum atomic E-state index is 0.0192. The molecule has 0 bridgehead atoms. The van der Waals surface area contributed by atoms with E-state index >= 15 is 0 Å². The number of aryl methyl sites for hydroxylation is 1. The molecular formula is C6H7BrN2O. The predicted molar refractivity (Wildman–Crippen MR) is 40.8 cm³/mol. The van der Waals surface area contributed by atoms with Crippen LogP contribution in [0.2, 0.25) is 0 Å². The van der Waals surface area contributed by atoms with Crippen LogP contribution in [0, 0.1) is 0 Å². The van der Waals surface area contributed by atoms with Gasteiger partial charge in [0.05, 0.1) is 6.20 Å². The Morgan fingerprint density at radius 1 is 1.70 bits per heavy atom. The number of nitrogens with zero attached hydrogens (tertiary/aromatic N) is 2. The lowest BCUT2D eigenvalue weighted by Gasteiger charge is -1.97. The summed E-state index contributed by atoms with van der Waals surface area (Å²) < 4.78 is 0.655. The van der Waals surface area contributed by atoms with Crippen molar-refractivity contribution in [3.63, 3.8) is 0 Å². The van der Waals surface area contributed by atoms with Crippen molar-refractivity contribution in [2.24, 2.45) is 0 Å². The Morgan fingerprint density at radius 3 is 2.90 bits per heavy atom. The van der Waals surface area contributed by atoms with Gasteiger partial charge in [0.15, 0.2) is 0 Å². The molecule has 54 valence electrons. The lowest BCUT2D eigenvalue weighted by molar-refractivity contribution is 0.441. The van der Waals surface area contributed by atoms with Gasteiger partial charge in [-0.25, -0.2) is 9.97 Å². The van der Waals surface area contributed by atoms with Crippen LogP contribution < -0.4 is 0 Å². The van der Waals surface area contributed by atoms with Crippen LogP contribution in [0.1, 0.15) is 12.6 Å². The maximum absolute atomic E-state index is 9.04. The van der Waals surface area contributed by atoms with Crippen molar-refractivity contribution in [3.8, 4) is 5.88 Å².